The fraction of sp³-hybridized carbons (Fsp3) is 0.600. The quantitative estimate of drug-likeness (QED) is 0.774. The second kappa shape index (κ2) is 5.35. The van der Waals surface area contributed by atoms with Crippen molar-refractivity contribution >= 4 is 28.3 Å². The minimum atomic E-state index is -4.38. The van der Waals surface area contributed by atoms with Crippen LogP contribution in [-0.4, -0.2) is 40.9 Å². The van der Waals surface area contributed by atoms with Crippen molar-refractivity contribution < 1.29 is 23.1 Å². The number of piperidine rings is 1. The van der Waals surface area contributed by atoms with Gasteiger partial charge in [-0.1, -0.05) is 0 Å². The van der Waals surface area contributed by atoms with Crippen LogP contribution in [0.15, 0.2) is 6.20 Å². The number of carboxylic acid groups (broad SMARTS) is 1. The van der Waals surface area contributed by atoms with Crippen LogP contribution in [0.3, 0.4) is 0 Å². The number of anilines is 2. The molecule has 0 spiro atoms. The highest BCUT2D eigenvalue weighted by Gasteiger charge is 2.45. The van der Waals surface area contributed by atoms with Gasteiger partial charge in [0.05, 0.1) is 23.8 Å². The number of nitrogens with one attached hydrogen (secondary N) is 1. The Hall–Kier alpha value is -1.71. The summed E-state index contributed by atoms with van der Waals surface area (Å²) in [7, 11) is 0. The second-order valence-electron chi connectivity index (χ2n) is 4.61. The molecule has 112 valence electrons. The molecule has 1 fully saturated rings. The molecule has 4 N–H and O–H groups in total. The number of rotatable bonds is 2. The average Bonchev–Trinajstić information content (AvgIpc) is 2.73. The lowest BCUT2D eigenvalue weighted by atomic mass is 9.94. The summed E-state index contributed by atoms with van der Waals surface area (Å²) in [5.74, 6) is -1.60. The standard InChI is InChI=1S/C10H13F3N4O2S/c11-10(12,13)5-1-6(16-9(18)19)4-17(3-5)8-7(14)2-15-20-8/h2,5-6,16H,1,3-4,14H2,(H,18,19)/t5-,6+/m1/s1. The Balaban J connectivity index is 2.20. The number of carbonyl (C=O) groups is 1. The van der Waals surface area contributed by atoms with E-state index in [2.05, 4.69) is 9.69 Å². The largest absolute Gasteiger partial charge is 0.465 e. The number of nitrogens with two attached hydrogens (primary N) is 1. The molecule has 1 aliphatic rings. The third-order valence-electron chi connectivity index (χ3n) is 3.11. The maximum atomic E-state index is 12.9. The van der Waals surface area contributed by atoms with Crippen molar-refractivity contribution in [1.29, 1.82) is 0 Å². The number of nitrogen functional groups attached to an aromatic ring is 1. The summed E-state index contributed by atoms with van der Waals surface area (Å²) < 4.78 is 42.6. The molecule has 6 nitrogen and oxygen atoms in total. The topological polar surface area (TPSA) is 91.5 Å². The zero-order valence-corrected chi connectivity index (χ0v) is 11.0. The summed E-state index contributed by atoms with van der Waals surface area (Å²) >= 11 is 0.998. The lowest BCUT2D eigenvalue weighted by Crippen LogP contribution is -2.53. The number of halogens is 3. The van der Waals surface area contributed by atoms with Crippen molar-refractivity contribution in [3.05, 3.63) is 6.20 Å². The van der Waals surface area contributed by atoms with E-state index in [0.29, 0.717) is 10.7 Å². The normalized spacial score (nSPS) is 23.6. The van der Waals surface area contributed by atoms with Gasteiger partial charge in [0.15, 0.2) is 0 Å². The Bertz CT molecular complexity index is 493. The van der Waals surface area contributed by atoms with Crippen molar-refractivity contribution in [2.24, 2.45) is 5.92 Å². The zero-order chi connectivity index (χ0) is 14.9. The summed E-state index contributed by atoms with van der Waals surface area (Å²) in [5, 5.41) is 11.2. The molecule has 1 aromatic heterocycles. The molecule has 1 aliphatic heterocycles. The van der Waals surface area contributed by atoms with E-state index in [9.17, 15) is 18.0 Å². The molecule has 2 atom stereocenters. The second-order valence-corrected chi connectivity index (χ2v) is 5.39. The molecule has 0 radical (unpaired) electrons. The van der Waals surface area contributed by atoms with Crippen molar-refractivity contribution in [3.63, 3.8) is 0 Å². The minimum Gasteiger partial charge on any atom is -0.465 e. The first-order chi connectivity index (χ1) is 9.27. The highest BCUT2D eigenvalue weighted by Crippen LogP contribution is 2.37. The first kappa shape index (κ1) is 14.7. The van der Waals surface area contributed by atoms with E-state index in [0.717, 1.165) is 11.5 Å². The molecule has 1 saturated heterocycles. The predicted octanol–water partition coefficient (Wildman–Crippen LogP) is 1.75. The Kier molecular flexibility index (Phi) is 3.93. The van der Waals surface area contributed by atoms with Gasteiger partial charge in [0, 0.05) is 13.1 Å². The molecule has 1 amide bonds. The van der Waals surface area contributed by atoms with Crippen LogP contribution in [0.2, 0.25) is 0 Å². The molecule has 0 unspecified atom stereocenters. The monoisotopic (exact) mass is 310 g/mol. The SMILES string of the molecule is Nc1cnsc1N1C[C@@H](NC(=O)O)C[C@@H](C(F)(F)F)C1. The number of hydrogen-bond acceptors (Lipinski definition) is 5. The summed E-state index contributed by atoms with van der Waals surface area (Å²) in [6, 6.07) is -0.797. The van der Waals surface area contributed by atoms with Gasteiger partial charge < -0.3 is 21.1 Å². The van der Waals surface area contributed by atoms with Crippen LogP contribution in [0.5, 0.6) is 0 Å². The lowest BCUT2D eigenvalue weighted by molar-refractivity contribution is -0.177. The molecule has 2 rings (SSSR count). The van der Waals surface area contributed by atoms with Crippen molar-refractivity contribution in [3.8, 4) is 0 Å². The Labute approximate surface area is 116 Å². The van der Waals surface area contributed by atoms with E-state index < -0.39 is 24.2 Å². The number of nitrogens with zero attached hydrogens (tertiary/aromatic N) is 2. The van der Waals surface area contributed by atoms with E-state index in [4.69, 9.17) is 10.8 Å². The van der Waals surface area contributed by atoms with Gasteiger partial charge in [0.25, 0.3) is 0 Å². The van der Waals surface area contributed by atoms with Crippen LogP contribution in [-0.2, 0) is 0 Å². The molecular weight excluding hydrogens is 297 g/mol. The minimum absolute atomic E-state index is 0.144. The van der Waals surface area contributed by atoms with Gasteiger partial charge in [-0.2, -0.15) is 17.5 Å². The first-order valence-electron chi connectivity index (χ1n) is 5.78. The van der Waals surface area contributed by atoms with E-state index in [-0.39, 0.29) is 19.5 Å². The highest BCUT2D eigenvalue weighted by molar-refractivity contribution is 7.10. The van der Waals surface area contributed by atoms with Gasteiger partial charge in [0.2, 0.25) is 0 Å². The van der Waals surface area contributed by atoms with Crippen molar-refractivity contribution in [2.75, 3.05) is 23.7 Å². The van der Waals surface area contributed by atoms with E-state index >= 15 is 0 Å². The molecule has 2 heterocycles. The number of hydrogen-bond donors (Lipinski definition) is 3. The number of aromatic nitrogens is 1. The lowest BCUT2D eigenvalue weighted by Gasteiger charge is -2.38. The van der Waals surface area contributed by atoms with Crippen LogP contribution in [0.1, 0.15) is 6.42 Å². The summed E-state index contributed by atoms with van der Waals surface area (Å²) in [6.07, 6.45) is -4.62. The van der Waals surface area contributed by atoms with Crippen LogP contribution in [0.25, 0.3) is 0 Å². The van der Waals surface area contributed by atoms with Gasteiger partial charge in [0.1, 0.15) is 5.00 Å². The van der Waals surface area contributed by atoms with Crippen LogP contribution >= 0.6 is 11.5 Å². The van der Waals surface area contributed by atoms with Crippen LogP contribution in [0, 0.1) is 5.92 Å². The van der Waals surface area contributed by atoms with Crippen LogP contribution in [0.4, 0.5) is 28.7 Å². The summed E-state index contributed by atoms with van der Waals surface area (Å²) in [5.41, 5.74) is 5.96. The van der Waals surface area contributed by atoms with Crippen molar-refractivity contribution in [2.45, 2.75) is 18.6 Å². The summed E-state index contributed by atoms with van der Waals surface area (Å²) in [4.78, 5) is 12.1. The molecule has 0 aromatic carbocycles. The van der Waals surface area contributed by atoms with Gasteiger partial charge in [-0.05, 0) is 18.0 Å². The van der Waals surface area contributed by atoms with Gasteiger partial charge >= 0.3 is 12.3 Å². The van der Waals surface area contributed by atoms with E-state index in [1.807, 2.05) is 0 Å². The fourth-order valence-corrected chi connectivity index (χ4v) is 2.95. The highest BCUT2D eigenvalue weighted by atomic mass is 32.1. The van der Waals surface area contributed by atoms with Gasteiger partial charge in [-0.25, -0.2) is 4.79 Å². The molecule has 20 heavy (non-hydrogen) atoms. The number of amides is 1. The van der Waals surface area contributed by atoms with Gasteiger partial charge in [-0.3, -0.25) is 0 Å². The van der Waals surface area contributed by atoms with Crippen LogP contribution < -0.4 is 16.0 Å². The Morgan fingerprint density at radius 2 is 2.25 bits per heavy atom. The fourth-order valence-electron chi connectivity index (χ4n) is 2.26. The molecule has 10 heteroatoms. The average molecular weight is 310 g/mol. The summed E-state index contributed by atoms with van der Waals surface area (Å²) in [6.45, 7) is -0.0982. The van der Waals surface area contributed by atoms with E-state index in [1.54, 1.807) is 0 Å². The number of alkyl halides is 3. The molecule has 0 saturated carbocycles. The maximum Gasteiger partial charge on any atom is 0.404 e. The first-order valence-corrected chi connectivity index (χ1v) is 6.56. The Morgan fingerprint density at radius 1 is 1.55 bits per heavy atom. The molecule has 1 aromatic rings. The van der Waals surface area contributed by atoms with E-state index in [1.165, 1.54) is 11.1 Å². The zero-order valence-electron chi connectivity index (χ0n) is 10.2. The molecular formula is C10H13F3N4O2S. The predicted molar refractivity (Wildman–Crippen MR) is 67.8 cm³/mol. The third-order valence-corrected chi connectivity index (χ3v) is 3.98. The van der Waals surface area contributed by atoms with Gasteiger partial charge in [-0.15, -0.1) is 0 Å². The van der Waals surface area contributed by atoms with Crippen molar-refractivity contribution in [1.82, 2.24) is 9.69 Å². The maximum absolute atomic E-state index is 12.9. The Morgan fingerprint density at radius 3 is 2.75 bits per heavy atom. The molecule has 0 bridgehead atoms. The third kappa shape index (κ3) is 3.24. The molecule has 0 aliphatic carbocycles. The smallest absolute Gasteiger partial charge is 0.404 e.